The Bertz CT molecular complexity index is 713. The summed E-state index contributed by atoms with van der Waals surface area (Å²) < 4.78 is 5.92. The van der Waals surface area contributed by atoms with Crippen LogP contribution in [0.2, 0.25) is 0 Å². The summed E-state index contributed by atoms with van der Waals surface area (Å²) in [7, 11) is 0. The van der Waals surface area contributed by atoms with Crippen LogP contribution < -0.4 is 0 Å². The lowest BCUT2D eigenvalue weighted by Gasteiger charge is -2.26. The largest absolute Gasteiger partial charge is 0.452 e. The third-order valence-electron chi connectivity index (χ3n) is 3.55. The van der Waals surface area contributed by atoms with Crippen LogP contribution in [0.25, 0.3) is 0 Å². The molecule has 3 rings (SSSR count). The summed E-state index contributed by atoms with van der Waals surface area (Å²) in [5, 5.41) is 2.05. The van der Waals surface area contributed by atoms with Gasteiger partial charge in [-0.25, -0.2) is 4.79 Å². The van der Waals surface area contributed by atoms with E-state index >= 15 is 0 Å². The van der Waals surface area contributed by atoms with E-state index in [9.17, 15) is 9.59 Å². The molecule has 0 bridgehead atoms. The fourth-order valence-corrected chi connectivity index (χ4v) is 3.67. The summed E-state index contributed by atoms with van der Waals surface area (Å²) in [5.74, 6) is -0.636. The van der Waals surface area contributed by atoms with Crippen molar-refractivity contribution < 1.29 is 14.3 Å². The van der Waals surface area contributed by atoms with Gasteiger partial charge in [0.1, 0.15) is 0 Å². The molecular formula is C16H14BrNO3S. The van der Waals surface area contributed by atoms with Crippen molar-refractivity contribution in [3.05, 3.63) is 56.2 Å². The number of fused-ring (bicyclic) bond motifs is 1. The molecule has 114 valence electrons. The van der Waals surface area contributed by atoms with Crippen molar-refractivity contribution in [3.63, 3.8) is 0 Å². The molecule has 2 aromatic rings. The second-order valence-corrected chi connectivity index (χ2v) is 6.94. The summed E-state index contributed by atoms with van der Waals surface area (Å²) in [6, 6.07) is 8.97. The van der Waals surface area contributed by atoms with Crippen LogP contribution in [0.5, 0.6) is 0 Å². The minimum atomic E-state index is -0.483. The average Bonchev–Trinajstić information content (AvgIpc) is 2.99. The van der Waals surface area contributed by atoms with Gasteiger partial charge in [-0.05, 0) is 41.6 Å². The molecule has 1 amide bonds. The predicted octanol–water partition coefficient (Wildman–Crippen LogP) is 3.25. The molecule has 0 saturated carbocycles. The van der Waals surface area contributed by atoms with Crippen molar-refractivity contribution in [2.24, 2.45) is 0 Å². The molecule has 0 radical (unpaired) electrons. The maximum atomic E-state index is 12.2. The Kier molecular flexibility index (Phi) is 4.59. The molecule has 4 nitrogen and oxygen atoms in total. The molecule has 0 unspecified atom stereocenters. The van der Waals surface area contributed by atoms with Crippen LogP contribution >= 0.6 is 27.3 Å². The zero-order chi connectivity index (χ0) is 15.5. The molecule has 1 aromatic heterocycles. The molecule has 1 aliphatic heterocycles. The molecular weight excluding hydrogens is 366 g/mol. The zero-order valence-electron chi connectivity index (χ0n) is 11.8. The van der Waals surface area contributed by atoms with Crippen molar-refractivity contribution in [2.45, 2.75) is 13.0 Å². The van der Waals surface area contributed by atoms with Crippen LogP contribution in [0.1, 0.15) is 20.8 Å². The van der Waals surface area contributed by atoms with Gasteiger partial charge in [0.05, 0.1) is 5.56 Å². The fraction of sp³-hybridized carbons (Fsp3) is 0.250. The summed E-state index contributed by atoms with van der Waals surface area (Å²) in [6.07, 6.45) is 0.873. The molecule has 0 fully saturated rings. The molecule has 0 spiro atoms. The summed E-state index contributed by atoms with van der Waals surface area (Å²) in [6.45, 7) is 1.07. The van der Waals surface area contributed by atoms with Crippen molar-refractivity contribution in [1.29, 1.82) is 0 Å². The van der Waals surface area contributed by atoms with Gasteiger partial charge in [-0.3, -0.25) is 4.79 Å². The van der Waals surface area contributed by atoms with Crippen LogP contribution in [0.15, 0.2) is 40.2 Å². The van der Waals surface area contributed by atoms with E-state index in [1.54, 1.807) is 34.4 Å². The third-order valence-corrected chi connectivity index (χ3v) is 5.06. The number of carbonyl (C=O) groups excluding carboxylic acids is 2. The van der Waals surface area contributed by atoms with Crippen molar-refractivity contribution in [2.75, 3.05) is 13.2 Å². The average molecular weight is 380 g/mol. The Hall–Kier alpha value is -1.66. The normalized spacial score (nSPS) is 13.6. The molecule has 1 aliphatic rings. The van der Waals surface area contributed by atoms with Crippen LogP contribution in [0, 0.1) is 0 Å². The van der Waals surface area contributed by atoms with E-state index in [1.165, 1.54) is 10.4 Å². The Morgan fingerprint density at radius 3 is 3.00 bits per heavy atom. The summed E-state index contributed by atoms with van der Waals surface area (Å²) in [4.78, 5) is 27.2. The van der Waals surface area contributed by atoms with E-state index in [1.807, 2.05) is 17.5 Å². The first-order valence-electron chi connectivity index (χ1n) is 6.89. The van der Waals surface area contributed by atoms with Crippen LogP contribution in [-0.4, -0.2) is 29.9 Å². The standard InChI is InChI=1S/C16H14BrNO3S/c17-13-3-1-2-11(8-13)16(20)21-10-15(19)18-6-4-14-12(9-18)5-7-22-14/h1-3,5,7-8H,4,6,9-10H2. The highest BCUT2D eigenvalue weighted by Gasteiger charge is 2.22. The first kappa shape index (κ1) is 15.2. The minimum absolute atomic E-state index is 0.153. The van der Waals surface area contributed by atoms with Crippen LogP contribution in [0.3, 0.4) is 0 Å². The fourth-order valence-electron chi connectivity index (χ4n) is 2.38. The number of benzene rings is 1. The first-order valence-corrected chi connectivity index (χ1v) is 8.56. The van der Waals surface area contributed by atoms with Gasteiger partial charge in [0, 0.05) is 22.4 Å². The smallest absolute Gasteiger partial charge is 0.338 e. The highest BCUT2D eigenvalue weighted by molar-refractivity contribution is 9.10. The Balaban J connectivity index is 1.56. The number of rotatable bonds is 3. The van der Waals surface area contributed by atoms with Crippen molar-refractivity contribution in [1.82, 2.24) is 4.90 Å². The lowest BCUT2D eigenvalue weighted by atomic mass is 10.1. The third kappa shape index (κ3) is 3.39. The molecule has 0 aliphatic carbocycles. The molecule has 1 aromatic carbocycles. The monoisotopic (exact) mass is 379 g/mol. The molecule has 2 heterocycles. The predicted molar refractivity (Wildman–Crippen MR) is 87.9 cm³/mol. The Labute approximate surface area is 140 Å². The quantitative estimate of drug-likeness (QED) is 0.768. The number of hydrogen-bond acceptors (Lipinski definition) is 4. The van der Waals surface area contributed by atoms with E-state index in [2.05, 4.69) is 15.9 Å². The number of esters is 1. The van der Waals surface area contributed by atoms with E-state index in [-0.39, 0.29) is 12.5 Å². The molecule has 6 heteroatoms. The van der Waals surface area contributed by atoms with Crippen molar-refractivity contribution in [3.8, 4) is 0 Å². The topological polar surface area (TPSA) is 46.6 Å². The van der Waals surface area contributed by atoms with Gasteiger partial charge in [0.15, 0.2) is 6.61 Å². The van der Waals surface area contributed by atoms with Gasteiger partial charge in [0.25, 0.3) is 5.91 Å². The lowest BCUT2D eigenvalue weighted by molar-refractivity contribution is -0.135. The number of hydrogen-bond donors (Lipinski definition) is 0. The maximum Gasteiger partial charge on any atom is 0.338 e. The van der Waals surface area contributed by atoms with E-state index < -0.39 is 5.97 Å². The van der Waals surface area contributed by atoms with Gasteiger partial charge in [-0.15, -0.1) is 11.3 Å². The molecule has 0 saturated heterocycles. The van der Waals surface area contributed by atoms with Gasteiger partial charge in [-0.1, -0.05) is 22.0 Å². The Morgan fingerprint density at radius 2 is 2.18 bits per heavy atom. The van der Waals surface area contributed by atoms with Crippen molar-refractivity contribution >= 4 is 39.1 Å². The molecule has 0 atom stereocenters. The van der Waals surface area contributed by atoms with Gasteiger partial charge in [0.2, 0.25) is 0 Å². The SMILES string of the molecule is O=C(OCC(=O)N1CCc2sccc2C1)c1cccc(Br)c1. The summed E-state index contributed by atoms with van der Waals surface area (Å²) in [5.41, 5.74) is 1.63. The number of amides is 1. The maximum absolute atomic E-state index is 12.2. The molecule has 22 heavy (non-hydrogen) atoms. The van der Waals surface area contributed by atoms with E-state index in [0.717, 1.165) is 10.9 Å². The summed E-state index contributed by atoms with van der Waals surface area (Å²) >= 11 is 5.03. The van der Waals surface area contributed by atoms with Crippen LogP contribution in [0.4, 0.5) is 0 Å². The Morgan fingerprint density at radius 1 is 1.32 bits per heavy atom. The van der Waals surface area contributed by atoms with E-state index in [4.69, 9.17) is 4.74 Å². The van der Waals surface area contributed by atoms with E-state index in [0.29, 0.717) is 18.7 Å². The number of halogens is 1. The number of carbonyl (C=O) groups is 2. The number of nitrogens with zero attached hydrogens (tertiary/aromatic N) is 1. The first-order chi connectivity index (χ1) is 10.6. The molecule has 0 N–H and O–H groups in total. The number of thiophene rings is 1. The lowest BCUT2D eigenvalue weighted by Crippen LogP contribution is -2.38. The highest BCUT2D eigenvalue weighted by Crippen LogP contribution is 2.24. The zero-order valence-corrected chi connectivity index (χ0v) is 14.2. The van der Waals surface area contributed by atoms with Crippen LogP contribution in [-0.2, 0) is 22.5 Å². The highest BCUT2D eigenvalue weighted by atomic mass is 79.9. The second-order valence-electron chi connectivity index (χ2n) is 5.02. The minimum Gasteiger partial charge on any atom is -0.452 e. The van der Waals surface area contributed by atoms with Gasteiger partial charge < -0.3 is 9.64 Å². The van der Waals surface area contributed by atoms with Gasteiger partial charge in [-0.2, -0.15) is 0 Å². The second kappa shape index (κ2) is 6.62. The number of ether oxygens (including phenoxy) is 1. The van der Waals surface area contributed by atoms with Gasteiger partial charge >= 0.3 is 5.97 Å².